The molecule has 41 heavy (non-hydrogen) atoms. The van der Waals surface area contributed by atoms with Gasteiger partial charge >= 0.3 is 0 Å². The van der Waals surface area contributed by atoms with Gasteiger partial charge in [0.05, 0.1) is 28.1 Å². The molecule has 5 heterocycles. The number of rotatable bonds is 4. The third kappa shape index (κ3) is 3.23. The number of aliphatic imine (C=N–C) groups is 2. The summed E-state index contributed by atoms with van der Waals surface area (Å²) in [5, 5.41) is 10.4. The van der Waals surface area contributed by atoms with Gasteiger partial charge in [-0.1, -0.05) is 78.9 Å². The van der Waals surface area contributed by atoms with Crippen LogP contribution in [0.2, 0.25) is 0 Å². The summed E-state index contributed by atoms with van der Waals surface area (Å²) in [4.78, 5) is 10.1. The molecule has 0 fully saturated rings. The Morgan fingerprint density at radius 2 is 1.46 bits per heavy atom. The second-order valence-corrected chi connectivity index (χ2v) is 10.2. The fraction of sp³-hybridized carbons (Fsp3) is 0.0294. The molecule has 1 N–H and O–H groups in total. The highest BCUT2D eigenvalue weighted by Crippen LogP contribution is 2.41. The summed E-state index contributed by atoms with van der Waals surface area (Å²) in [7, 11) is 0. The lowest BCUT2D eigenvalue weighted by Crippen LogP contribution is -2.33. The van der Waals surface area contributed by atoms with E-state index in [1.165, 1.54) is 0 Å². The van der Waals surface area contributed by atoms with Gasteiger partial charge in [0.15, 0.2) is 11.4 Å². The normalized spacial score (nSPS) is 15.6. The Labute approximate surface area is 234 Å². The number of benzene rings is 4. The van der Waals surface area contributed by atoms with E-state index in [9.17, 15) is 0 Å². The van der Waals surface area contributed by atoms with Crippen molar-refractivity contribution in [1.82, 2.24) is 19.5 Å². The van der Waals surface area contributed by atoms with Crippen molar-refractivity contribution in [2.24, 2.45) is 9.98 Å². The van der Waals surface area contributed by atoms with Gasteiger partial charge in [-0.2, -0.15) is 5.10 Å². The first-order chi connectivity index (χ1) is 20.3. The van der Waals surface area contributed by atoms with E-state index >= 15 is 0 Å². The van der Waals surface area contributed by atoms with Crippen molar-refractivity contribution in [2.75, 3.05) is 0 Å². The zero-order valence-corrected chi connectivity index (χ0v) is 21.8. The third-order valence-corrected chi connectivity index (χ3v) is 7.90. The molecule has 0 spiro atoms. The van der Waals surface area contributed by atoms with E-state index in [-0.39, 0.29) is 6.17 Å². The molecule has 1 aliphatic rings. The first-order valence-corrected chi connectivity index (χ1v) is 13.6. The van der Waals surface area contributed by atoms with E-state index < -0.39 is 0 Å². The largest absolute Gasteiger partial charge is 0.460 e. The van der Waals surface area contributed by atoms with Crippen molar-refractivity contribution in [3.05, 3.63) is 138 Å². The van der Waals surface area contributed by atoms with Gasteiger partial charge in [0.1, 0.15) is 23.8 Å². The molecule has 0 saturated carbocycles. The first kappa shape index (κ1) is 22.2. The lowest BCUT2D eigenvalue weighted by molar-refractivity contribution is 0.619. The highest BCUT2D eigenvalue weighted by atomic mass is 16.3. The highest BCUT2D eigenvalue weighted by molar-refractivity contribution is 6.25. The van der Waals surface area contributed by atoms with Crippen molar-refractivity contribution < 1.29 is 4.42 Å². The molecule has 7 heteroatoms. The monoisotopic (exact) mass is 530 g/mol. The molecule has 1 unspecified atom stereocenters. The van der Waals surface area contributed by atoms with Crippen LogP contribution in [0.4, 0.5) is 0 Å². The van der Waals surface area contributed by atoms with E-state index in [4.69, 9.17) is 14.4 Å². The number of furan rings is 1. The smallest absolute Gasteiger partial charge is 0.162 e. The quantitative estimate of drug-likeness (QED) is 0.264. The van der Waals surface area contributed by atoms with E-state index in [2.05, 4.69) is 81.7 Å². The van der Waals surface area contributed by atoms with Gasteiger partial charge in [-0.15, -0.1) is 0 Å². The average Bonchev–Trinajstić information content (AvgIpc) is 3.77. The topological polar surface area (TPSA) is 72.1 Å². The van der Waals surface area contributed by atoms with Gasteiger partial charge in [0.2, 0.25) is 0 Å². The van der Waals surface area contributed by atoms with Crippen LogP contribution in [0.15, 0.2) is 136 Å². The second kappa shape index (κ2) is 8.40. The predicted molar refractivity (Wildman–Crippen MR) is 162 cm³/mol. The summed E-state index contributed by atoms with van der Waals surface area (Å²) in [6, 6.07) is 37.2. The molecule has 0 saturated heterocycles. The fourth-order valence-electron chi connectivity index (χ4n) is 6.08. The number of nitrogens with zero attached hydrogens (tertiary/aromatic N) is 5. The summed E-state index contributed by atoms with van der Waals surface area (Å²) in [6.45, 7) is 0. The second-order valence-electron chi connectivity index (χ2n) is 10.2. The van der Waals surface area contributed by atoms with Gasteiger partial charge < -0.3 is 14.3 Å². The van der Waals surface area contributed by atoms with E-state index in [1.807, 2.05) is 59.4 Å². The lowest BCUT2D eigenvalue weighted by Gasteiger charge is -2.23. The molecule has 7 nitrogen and oxygen atoms in total. The Bertz CT molecular complexity index is 2290. The molecule has 4 aromatic carbocycles. The predicted octanol–water partition coefficient (Wildman–Crippen LogP) is 7.11. The van der Waals surface area contributed by atoms with E-state index in [0.717, 1.165) is 66.6 Å². The zero-order valence-electron chi connectivity index (χ0n) is 21.8. The molecule has 1 atom stereocenters. The SMILES string of the molecule is c1ccc(C2=NC(c3cccc(-n4c5coc6c5c5c4cccc5n4nccc64)c3)=NC(c3ccccc3)N2)cc1. The average molecular weight is 531 g/mol. The van der Waals surface area contributed by atoms with Crippen LogP contribution in [0.25, 0.3) is 44.1 Å². The molecule has 0 aliphatic carbocycles. The summed E-state index contributed by atoms with van der Waals surface area (Å²) in [5.41, 5.74) is 9.05. The zero-order chi connectivity index (χ0) is 26.9. The molecule has 1 aliphatic heterocycles. The molecule has 0 bridgehead atoms. The van der Waals surface area contributed by atoms with Crippen molar-refractivity contribution >= 4 is 50.1 Å². The van der Waals surface area contributed by atoms with Crippen LogP contribution in [0.5, 0.6) is 0 Å². The molecule has 194 valence electrons. The molecule has 8 aromatic rings. The van der Waals surface area contributed by atoms with Crippen LogP contribution in [-0.4, -0.2) is 25.9 Å². The summed E-state index contributed by atoms with van der Waals surface area (Å²) in [5.74, 6) is 1.48. The maximum atomic E-state index is 6.14. The summed E-state index contributed by atoms with van der Waals surface area (Å²) < 4.78 is 10.4. The minimum atomic E-state index is -0.253. The van der Waals surface area contributed by atoms with Gasteiger partial charge in [-0.3, -0.25) is 0 Å². The number of nitrogens with one attached hydrogen (secondary N) is 1. The molecule has 9 rings (SSSR count). The standard InChI is InChI=1S/C34H22N6O/c1-3-9-21(10-4-1)32-36-33(22-11-5-2-6-12-22)38-34(37-32)23-13-7-14-24(19-23)39-25-15-8-16-26-29(25)30-28(39)20-41-31(30)27-17-18-35-40(26)27/h1-20,32H,(H,36,37,38). The van der Waals surface area contributed by atoms with Crippen molar-refractivity contribution in [3.8, 4) is 5.69 Å². The molecule has 0 amide bonds. The summed E-state index contributed by atoms with van der Waals surface area (Å²) in [6.07, 6.45) is 3.42. The van der Waals surface area contributed by atoms with Crippen LogP contribution in [0.3, 0.4) is 0 Å². The highest BCUT2D eigenvalue weighted by Gasteiger charge is 2.24. The molecule has 0 radical (unpaired) electrons. The van der Waals surface area contributed by atoms with Crippen LogP contribution in [0, 0.1) is 0 Å². The van der Waals surface area contributed by atoms with Crippen LogP contribution < -0.4 is 5.32 Å². The first-order valence-electron chi connectivity index (χ1n) is 13.6. The summed E-state index contributed by atoms with van der Waals surface area (Å²) >= 11 is 0. The Morgan fingerprint density at radius 3 is 2.34 bits per heavy atom. The maximum Gasteiger partial charge on any atom is 0.162 e. The maximum absolute atomic E-state index is 6.14. The third-order valence-electron chi connectivity index (χ3n) is 7.90. The molecular weight excluding hydrogens is 508 g/mol. The van der Waals surface area contributed by atoms with Gasteiger partial charge in [-0.25, -0.2) is 14.5 Å². The van der Waals surface area contributed by atoms with Crippen molar-refractivity contribution in [3.63, 3.8) is 0 Å². The number of hydrogen-bond acceptors (Lipinski definition) is 5. The minimum absolute atomic E-state index is 0.253. The van der Waals surface area contributed by atoms with E-state index in [0.29, 0.717) is 5.84 Å². The van der Waals surface area contributed by atoms with Crippen molar-refractivity contribution in [1.29, 1.82) is 0 Å². The Kier molecular flexibility index (Phi) is 4.54. The van der Waals surface area contributed by atoms with E-state index in [1.54, 1.807) is 0 Å². The van der Waals surface area contributed by atoms with Crippen LogP contribution in [-0.2, 0) is 0 Å². The molecule has 4 aromatic heterocycles. The van der Waals surface area contributed by atoms with Gasteiger partial charge in [-0.05, 0) is 35.9 Å². The van der Waals surface area contributed by atoms with Gasteiger partial charge in [0, 0.05) is 22.2 Å². The van der Waals surface area contributed by atoms with Crippen LogP contribution in [0.1, 0.15) is 22.9 Å². The number of aromatic nitrogens is 3. The number of pyridine rings is 1. The number of amidine groups is 2. The molecular formula is C34H22N6O. The Morgan fingerprint density at radius 1 is 0.683 bits per heavy atom. The van der Waals surface area contributed by atoms with Gasteiger partial charge in [0.25, 0.3) is 0 Å². The minimum Gasteiger partial charge on any atom is -0.460 e. The van der Waals surface area contributed by atoms with Crippen molar-refractivity contribution in [2.45, 2.75) is 6.17 Å². The fourth-order valence-corrected chi connectivity index (χ4v) is 6.08. The number of hydrogen-bond donors (Lipinski definition) is 1. The number of fused-ring (bicyclic) bond motifs is 3. The Hall–Kier alpha value is -5.69. The van der Waals surface area contributed by atoms with Crippen LogP contribution >= 0.6 is 0 Å². The lowest BCUT2D eigenvalue weighted by atomic mass is 10.1. The Balaban J connectivity index is 1.24.